The molecule has 1 saturated carbocycles. The van der Waals surface area contributed by atoms with E-state index in [4.69, 9.17) is 0 Å². The second-order valence-electron chi connectivity index (χ2n) is 7.32. The first-order valence-corrected chi connectivity index (χ1v) is 7.71. The SMILES string of the molecule is CCCCN(C)CC1CC(C(C)(C)C)CCC1O. The van der Waals surface area contributed by atoms with E-state index < -0.39 is 0 Å². The van der Waals surface area contributed by atoms with Crippen molar-refractivity contribution >= 4 is 0 Å². The topological polar surface area (TPSA) is 23.5 Å². The van der Waals surface area contributed by atoms with E-state index in [0.29, 0.717) is 11.3 Å². The number of hydrogen-bond donors (Lipinski definition) is 1. The molecular formula is C16H33NO. The van der Waals surface area contributed by atoms with Gasteiger partial charge < -0.3 is 10.0 Å². The molecule has 0 aromatic carbocycles. The van der Waals surface area contributed by atoms with E-state index >= 15 is 0 Å². The number of unbranched alkanes of at least 4 members (excludes halogenated alkanes) is 1. The van der Waals surface area contributed by atoms with Crippen LogP contribution in [0.2, 0.25) is 0 Å². The molecule has 0 saturated heterocycles. The molecule has 0 spiro atoms. The van der Waals surface area contributed by atoms with Crippen molar-refractivity contribution in [2.75, 3.05) is 20.1 Å². The highest BCUT2D eigenvalue weighted by Gasteiger charge is 2.35. The normalized spacial score (nSPS) is 29.8. The minimum atomic E-state index is -0.0762. The summed E-state index contributed by atoms with van der Waals surface area (Å²) in [4.78, 5) is 2.41. The summed E-state index contributed by atoms with van der Waals surface area (Å²) in [6.45, 7) is 11.5. The van der Waals surface area contributed by atoms with Crippen LogP contribution >= 0.6 is 0 Å². The van der Waals surface area contributed by atoms with Gasteiger partial charge in [0.25, 0.3) is 0 Å². The van der Waals surface area contributed by atoms with Crippen molar-refractivity contribution in [2.24, 2.45) is 17.3 Å². The van der Waals surface area contributed by atoms with Crippen LogP contribution in [0, 0.1) is 17.3 Å². The third kappa shape index (κ3) is 4.89. The highest BCUT2D eigenvalue weighted by Crippen LogP contribution is 2.40. The molecule has 1 N–H and O–H groups in total. The van der Waals surface area contributed by atoms with Gasteiger partial charge in [0.1, 0.15) is 0 Å². The van der Waals surface area contributed by atoms with Gasteiger partial charge in [-0.05, 0) is 56.5 Å². The number of aliphatic hydroxyl groups is 1. The maximum Gasteiger partial charge on any atom is 0.0580 e. The van der Waals surface area contributed by atoms with Crippen molar-refractivity contribution in [1.82, 2.24) is 4.90 Å². The quantitative estimate of drug-likeness (QED) is 0.812. The van der Waals surface area contributed by atoms with Crippen molar-refractivity contribution in [3.05, 3.63) is 0 Å². The van der Waals surface area contributed by atoms with E-state index in [-0.39, 0.29) is 6.10 Å². The summed E-state index contributed by atoms with van der Waals surface area (Å²) in [6.07, 6.45) is 5.83. The molecule has 3 unspecified atom stereocenters. The molecule has 2 nitrogen and oxygen atoms in total. The molecule has 1 rings (SSSR count). The van der Waals surface area contributed by atoms with Gasteiger partial charge in [-0.2, -0.15) is 0 Å². The Bertz CT molecular complexity index is 234. The zero-order chi connectivity index (χ0) is 13.8. The Hall–Kier alpha value is -0.0800. The third-order valence-electron chi connectivity index (χ3n) is 4.61. The van der Waals surface area contributed by atoms with Crippen molar-refractivity contribution in [1.29, 1.82) is 0 Å². The second-order valence-corrected chi connectivity index (χ2v) is 7.32. The Morgan fingerprint density at radius 1 is 1.22 bits per heavy atom. The molecule has 1 fully saturated rings. The fraction of sp³-hybridized carbons (Fsp3) is 1.00. The van der Waals surface area contributed by atoms with E-state index in [2.05, 4.69) is 39.6 Å². The molecule has 0 radical (unpaired) electrons. The van der Waals surface area contributed by atoms with E-state index in [1.807, 2.05) is 0 Å². The summed E-state index contributed by atoms with van der Waals surface area (Å²) >= 11 is 0. The maximum absolute atomic E-state index is 10.2. The molecular weight excluding hydrogens is 222 g/mol. The van der Waals surface area contributed by atoms with Crippen LogP contribution in [0.3, 0.4) is 0 Å². The van der Waals surface area contributed by atoms with Gasteiger partial charge in [-0.15, -0.1) is 0 Å². The molecule has 3 atom stereocenters. The lowest BCUT2D eigenvalue weighted by atomic mass is 9.68. The fourth-order valence-corrected chi connectivity index (χ4v) is 3.15. The van der Waals surface area contributed by atoms with Gasteiger partial charge in [-0.3, -0.25) is 0 Å². The van der Waals surface area contributed by atoms with E-state index in [9.17, 15) is 5.11 Å². The lowest BCUT2D eigenvalue weighted by Crippen LogP contribution is -2.40. The van der Waals surface area contributed by atoms with Crippen molar-refractivity contribution in [3.63, 3.8) is 0 Å². The first-order valence-electron chi connectivity index (χ1n) is 7.71. The Kier molecular flexibility index (Phi) is 6.13. The average Bonchev–Trinajstić information content (AvgIpc) is 2.28. The minimum Gasteiger partial charge on any atom is -0.393 e. The molecule has 0 aromatic heterocycles. The monoisotopic (exact) mass is 255 g/mol. The standard InChI is InChI=1S/C16H33NO/c1-6-7-10-17(5)12-13-11-14(16(2,3)4)8-9-15(13)18/h13-15,18H,6-12H2,1-5H3. The predicted molar refractivity (Wildman–Crippen MR) is 78.7 cm³/mol. The lowest BCUT2D eigenvalue weighted by Gasteiger charge is -2.41. The van der Waals surface area contributed by atoms with Crippen LogP contribution in [-0.4, -0.2) is 36.2 Å². The first-order chi connectivity index (χ1) is 8.34. The number of rotatable bonds is 5. The highest BCUT2D eigenvalue weighted by molar-refractivity contribution is 4.86. The average molecular weight is 255 g/mol. The van der Waals surface area contributed by atoms with Crippen LogP contribution in [0.5, 0.6) is 0 Å². The zero-order valence-electron chi connectivity index (χ0n) is 13.1. The summed E-state index contributed by atoms with van der Waals surface area (Å²) in [5.74, 6) is 1.25. The van der Waals surface area contributed by atoms with Crippen LogP contribution in [0.4, 0.5) is 0 Å². The molecule has 0 amide bonds. The van der Waals surface area contributed by atoms with Crippen LogP contribution in [0.15, 0.2) is 0 Å². The Morgan fingerprint density at radius 3 is 2.44 bits per heavy atom. The van der Waals surface area contributed by atoms with E-state index in [1.165, 1.54) is 32.2 Å². The minimum absolute atomic E-state index is 0.0762. The van der Waals surface area contributed by atoms with Gasteiger partial charge in [0, 0.05) is 6.54 Å². The molecule has 108 valence electrons. The molecule has 1 aliphatic carbocycles. The van der Waals surface area contributed by atoms with Crippen molar-refractivity contribution in [2.45, 2.75) is 65.9 Å². The summed E-state index contributed by atoms with van der Waals surface area (Å²) < 4.78 is 0. The van der Waals surface area contributed by atoms with Crippen molar-refractivity contribution in [3.8, 4) is 0 Å². The predicted octanol–water partition coefficient (Wildman–Crippen LogP) is 3.54. The molecule has 0 aromatic rings. The third-order valence-corrected chi connectivity index (χ3v) is 4.61. The summed E-state index contributed by atoms with van der Waals surface area (Å²) in [5, 5.41) is 10.2. The Morgan fingerprint density at radius 2 is 1.89 bits per heavy atom. The first kappa shape index (κ1) is 16.0. The van der Waals surface area contributed by atoms with Gasteiger partial charge in [0.2, 0.25) is 0 Å². The molecule has 0 bridgehead atoms. The van der Waals surface area contributed by atoms with Gasteiger partial charge in [0.05, 0.1) is 6.10 Å². The summed E-state index contributed by atoms with van der Waals surface area (Å²) in [5.41, 5.74) is 0.389. The molecule has 1 aliphatic rings. The highest BCUT2D eigenvalue weighted by atomic mass is 16.3. The van der Waals surface area contributed by atoms with Gasteiger partial charge in [-0.25, -0.2) is 0 Å². The summed E-state index contributed by atoms with van der Waals surface area (Å²) in [6, 6.07) is 0. The van der Waals surface area contributed by atoms with E-state index in [0.717, 1.165) is 18.9 Å². The van der Waals surface area contributed by atoms with Crippen LogP contribution in [-0.2, 0) is 0 Å². The van der Waals surface area contributed by atoms with Gasteiger partial charge >= 0.3 is 0 Å². The Balaban J connectivity index is 2.47. The van der Waals surface area contributed by atoms with Crippen LogP contribution in [0.1, 0.15) is 59.8 Å². The number of aliphatic hydroxyl groups excluding tert-OH is 1. The fourth-order valence-electron chi connectivity index (χ4n) is 3.15. The molecule has 0 aliphatic heterocycles. The smallest absolute Gasteiger partial charge is 0.0580 e. The lowest BCUT2D eigenvalue weighted by molar-refractivity contribution is 0.00640. The molecule has 18 heavy (non-hydrogen) atoms. The largest absolute Gasteiger partial charge is 0.393 e. The number of hydrogen-bond acceptors (Lipinski definition) is 2. The molecule has 0 heterocycles. The summed E-state index contributed by atoms with van der Waals surface area (Å²) in [7, 11) is 2.20. The van der Waals surface area contributed by atoms with E-state index in [1.54, 1.807) is 0 Å². The van der Waals surface area contributed by atoms with Crippen molar-refractivity contribution < 1.29 is 5.11 Å². The van der Waals surface area contributed by atoms with Gasteiger partial charge in [-0.1, -0.05) is 34.1 Å². The Labute approximate surface area is 114 Å². The number of nitrogens with zero attached hydrogens (tertiary/aromatic N) is 1. The van der Waals surface area contributed by atoms with Crippen LogP contribution in [0.25, 0.3) is 0 Å². The second kappa shape index (κ2) is 6.91. The van der Waals surface area contributed by atoms with Gasteiger partial charge in [0.15, 0.2) is 0 Å². The van der Waals surface area contributed by atoms with Crippen LogP contribution < -0.4 is 0 Å². The maximum atomic E-state index is 10.2. The molecule has 2 heteroatoms. The zero-order valence-corrected chi connectivity index (χ0v) is 13.1.